The fourth-order valence-electron chi connectivity index (χ4n) is 1.06. The van der Waals surface area contributed by atoms with Crippen molar-refractivity contribution in [3.63, 3.8) is 0 Å². The molecule has 0 fully saturated rings. The Kier molecular flexibility index (Phi) is 9.11. The van der Waals surface area contributed by atoms with Gasteiger partial charge in [-0.2, -0.15) is 0 Å². The summed E-state index contributed by atoms with van der Waals surface area (Å²) in [7, 11) is 0. The summed E-state index contributed by atoms with van der Waals surface area (Å²) in [5.74, 6) is 1.17. The Hall–Kier alpha value is -0.270. The van der Waals surface area contributed by atoms with Crippen molar-refractivity contribution in [3.05, 3.63) is 24.3 Å². The van der Waals surface area contributed by atoms with Crippen molar-refractivity contribution in [2.45, 2.75) is 26.7 Å². The van der Waals surface area contributed by atoms with E-state index in [-0.39, 0.29) is 0 Å². The third-order valence-corrected chi connectivity index (χ3v) is 2.22. The van der Waals surface area contributed by atoms with Crippen LogP contribution >= 0.6 is 11.6 Å². The summed E-state index contributed by atoms with van der Waals surface area (Å²) in [5, 5.41) is 0. The molecule has 0 N–H and O–H groups in total. The van der Waals surface area contributed by atoms with Gasteiger partial charge in [0.2, 0.25) is 0 Å². The van der Waals surface area contributed by atoms with Crippen molar-refractivity contribution in [2.24, 2.45) is 5.92 Å². The summed E-state index contributed by atoms with van der Waals surface area (Å²) < 4.78 is 5.31. The molecule has 0 saturated heterocycles. The van der Waals surface area contributed by atoms with E-state index in [1.54, 1.807) is 0 Å². The number of alkyl halides is 1. The number of ether oxygens (including phenoxy) is 1. The van der Waals surface area contributed by atoms with E-state index in [2.05, 4.69) is 26.5 Å². The van der Waals surface area contributed by atoms with Crippen LogP contribution in [0.3, 0.4) is 0 Å². The topological polar surface area (TPSA) is 9.23 Å². The lowest BCUT2D eigenvalue weighted by Gasteiger charge is -2.04. The van der Waals surface area contributed by atoms with Gasteiger partial charge in [-0.1, -0.05) is 24.6 Å². The summed E-state index contributed by atoms with van der Waals surface area (Å²) in [6, 6.07) is 0. The van der Waals surface area contributed by atoms with Crippen molar-refractivity contribution in [1.29, 1.82) is 0 Å². The average Bonchev–Trinajstić information content (AvgIpc) is 2.18. The molecule has 0 aromatic carbocycles. The number of hydrogen-bond donors (Lipinski definition) is 0. The zero-order chi connectivity index (χ0) is 10.8. The second-order valence-electron chi connectivity index (χ2n) is 3.58. The Morgan fingerprint density at radius 2 is 2.29 bits per heavy atom. The van der Waals surface area contributed by atoms with E-state index in [9.17, 15) is 0 Å². The van der Waals surface area contributed by atoms with Gasteiger partial charge in [0.1, 0.15) is 0 Å². The molecular weight excluding hydrogens is 196 g/mol. The highest BCUT2D eigenvalue weighted by Crippen LogP contribution is 2.08. The smallest absolute Gasteiger partial charge is 0.0674 e. The van der Waals surface area contributed by atoms with Crippen LogP contribution in [0.15, 0.2) is 24.3 Å². The van der Waals surface area contributed by atoms with Gasteiger partial charge >= 0.3 is 0 Å². The summed E-state index contributed by atoms with van der Waals surface area (Å²) in [6.07, 6.45) is 6.49. The van der Waals surface area contributed by atoms with Crippen LogP contribution in [0.5, 0.6) is 0 Å². The van der Waals surface area contributed by atoms with E-state index in [1.165, 1.54) is 5.57 Å². The SMILES string of the molecule is C=CC(C)CC/C=C(\C)COCCCl. The van der Waals surface area contributed by atoms with Crippen molar-refractivity contribution in [2.75, 3.05) is 19.1 Å². The molecule has 0 aromatic rings. The standard InChI is InChI=1S/C12H21ClO/c1-4-11(2)6-5-7-12(3)10-14-9-8-13/h4,7,11H,1,5-6,8-10H2,2-3H3/b12-7+. The zero-order valence-corrected chi connectivity index (χ0v) is 10.0. The lowest BCUT2D eigenvalue weighted by atomic mass is 10.1. The molecule has 0 aliphatic rings. The molecule has 0 rings (SSSR count). The largest absolute Gasteiger partial charge is 0.376 e. The minimum Gasteiger partial charge on any atom is -0.376 e. The quantitative estimate of drug-likeness (QED) is 0.341. The van der Waals surface area contributed by atoms with E-state index < -0.39 is 0 Å². The third-order valence-electron chi connectivity index (χ3n) is 2.07. The van der Waals surface area contributed by atoms with Crippen LogP contribution in [-0.4, -0.2) is 19.1 Å². The van der Waals surface area contributed by atoms with Crippen LogP contribution in [0.25, 0.3) is 0 Å². The van der Waals surface area contributed by atoms with Gasteiger partial charge in [-0.15, -0.1) is 18.2 Å². The predicted molar refractivity (Wildman–Crippen MR) is 63.9 cm³/mol. The van der Waals surface area contributed by atoms with Crippen LogP contribution in [-0.2, 0) is 4.74 Å². The highest BCUT2D eigenvalue weighted by molar-refractivity contribution is 6.17. The van der Waals surface area contributed by atoms with Crippen LogP contribution in [0.1, 0.15) is 26.7 Å². The lowest BCUT2D eigenvalue weighted by Crippen LogP contribution is -1.99. The van der Waals surface area contributed by atoms with Gasteiger partial charge in [0.25, 0.3) is 0 Å². The maximum Gasteiger partial charge on any atom is 0.0674 e. The molecule has 0 aliphatic carbocycles. The molecule has 0 amide bonds. The van der Waals surface area contributed by atoms with Gasteiger partial charge in [-0.25, -0.2) is 0 Å². The Bertz CT molecular complexity index is 175. The van der Waals surface area contributed by atoms with Crippen LogP contribution in [0.4, 0.5) is 0 Å². The van der Waals surface area contributed by atoms with Gasteiger partial charge in [-0.05, 0) is 25.7 Å². The van der Waals surface area contributed by atoms with Gasteiger partial charge in [-0.3, -0.25) is 0 Å². The summed E-state index contributed by atoms with van der Waals surface area (Å²) in [4.78, 5) is 0. The lowest BCUT2D eigenvalue weighted by molar-refractivity contribution is 0.172. The summed E-state index contributed by atoms with van der Waals surface area (Å²) in [5.41, 5.74) is 1.28. The highest BCUT2D eigenvalue weighted by Gasteiger charge is 1.94. The number of halogens is 1. The molecular formula is C12H21ClO. The molecule has 2 heteroatoms. The first kappa shape index (κ1) is 13.7. The summed E-state index contributed by atoms with van der Waals surface area (Å²) >= 11 is 5.49. The molecule has 0 heterocycles. The van der Waals surface area contributed by atoms with Crippen molar-refractivity contribution < 1.29 is 4.74 Å². The average molecular weight is 217 g/mol. The van der Waals surface area contributed by atoms with E-state index >= 15 is 0 Å². The molecule has 0 aromatic heterocycles. The molecule has 1 nitrogen and oxygen atoms in total. The number of rotatable bonds is 8. The molecule has 14 heavy (non-hydrogen) atoms. The van der Waals surface area contributed by atoms with E-state index in [0.29, 0.717) is 25.0 Å². The van der Waals surface area contributed by atoms with Gasteiger partial charge < -0.3 is 4.74 Å². The highest BCUT2D eigenvalue weighted by atomic mass is 35.5. The van der Waals surface area contributed by atoms with Gasteiger partial charge in [0, 0.05) is 5.88 Å². The molecule has 82 valence electrons. The first-order chi connectivity index (χ1) is 6.70. The molecule has 1 unspecified atom stereocenters. The summed E-state index contributed by atoms with van der Waals surface area (Å²) in [6.45, 7) is 9.37. The van der Waals surface area contributed by atoms with Gasteiger partial charge in [0.15, 0.2) is 0 Å². The van der Waals surface area contributed by atoms with Crippen LogP contribution < -0.4 is 0 Å². The first-order valence-electron chi connectivity index (χ1n) is 5.12. The second kappa shape index (κ2) is 9.29. The second-order valence-corrected chi connectivity index (χ2v) is 3.96. The molecule has 0 radical (unpaired) electrons. The van der Waals surface area contributed by atoms with Crippen LogP contribution in [0.2, 0.25) is 0 Å². The van der Waals surface area contributed by atoms with Crippen molar-refractivity contribution in [3.8, 4) is 0 Å². The molecule has 0 spiro atoms. The van der Waals surface area contributed by atoms with Crippen LogP contribution in [0, 0.1) is 5.92 Å². The Morgan fingerprint density at radius 3 is 2.86 bits per heavy atom. The molecule has 0 bridgehead atoms. The minimum atomic E-state index is 0.570. The number of allylic oxidation sites excluding steroid dienone is 2. The predicted octanol–water partition coefficient (Wildman–Crippen LogP) is 3.79. The van der Waals surface area contributed by atoms with Gasteiger partial charge in [0.05, 0.1) is 13.2 Å². The van der Waals surface area contributed by atoms with E-state index in [4.69, 9.17) is 16.3 Å². The van der Waals surface area contributed by atoms with Crippen molar-refractivity contribution >= 4 is 11.6 Å². The maximum atomic E-state index is 5.49. The fourth-order valence-corrected chi connectivity index (χ4v) is 1.17. The molecule has 0 aliphatic heterocycles. The van der Waals surface area contributed by atoms with E-state index in [0.717, 1.165) is 12.8 Å². The minimum absolute atomic E-state index is 0.570. The molecule has 0 saturated carbocycles. The van der Waals surface area contributed by atoms with E-state index in [1.807, 2.05) is 6.08 Å². The zero-order valence-electron chi connectivity index (χ0n) is 9.26. The Labute approximate surface area is 92.8 Å². The third kappa shape index (κ3) is 8.33. The maximum absolute atomic E-state index is 5.49. The van der Waals surface area contributed by atoms with Crippen molar-refractivity contribution in [1.82, 2.24) is 0 Å². The molecule has 1 atom stereocenters. The Morgan fingerprint density at radius 1 is 1.57 bits per heavy atom. The monoisotopic (exact) mass is 216 g/mol. The normalized spacial score (nSPS) is 14.1. The fraction of sp³-hybridized carbons (Fsp3) is 0.667. The Balaban J connectivity index is 3.50. The number of hydrogen-bond acceptors (Lipinski definition) is 1. The first-order valence-corrected chi connectivity index (χ1v) is 5.66.